The number of likely N-dealkylation sites (tertiary alicyclic amines) is 1. The standard InChI is InChI=1S/C21H29N5O/c1-22-20(26-10-8-21(14-26)9-11-27-15-21)23-13-16-12-19(25(2)3)24-18-7-5-4-6-17(16)18/h4-7,12H,8-11,13-15H2,1-3H3,(H,22,23). The number of guanidine groups is 1. The fourth-order valence-electron chi connectivity index (χ4n) is 4.20. The molecule has 2 aliphatic heterocycles. The maximum Gasteiger partial charge on any atom is 0.193 e. The summed E-state index contributed by atoms with van der Waals surface area (Å²) in [6.45, 7) is 4.60. The van der Waals surface area contributed by atoms with Crippen LogP contribution in [-0.4, -0.2) is 63.3 Å². The first-order chi connectivity index (χ1) is 13.1. The monoisotopic (exact) mass is 367 g/mol. The van der Waals surface area contributed by atoms with Crippen LogP contribution >= 0.6 is 0 Å². The zero-order valence-corrected chi connectivity index (χ0v) is 16.5. The van der Waals surface area contributed by atoms with Crippen LogP contribution in [-0.2, 0) is 11.3 Å². The predicted octanol–water partition coefficient (Wildman–Crippen LogP) is 2.49. The normalized spacial score (nSPS) is 22.8. The Morgan fingerprint density at radius 1 is 1.33 bits per heavy atom. The summed E-state index contributed by atoms with van der Waals surface area (Å²) in [6, 6.07) is 10.5. The molecule has 2 saturated heterocycles. The maximum absolute atomic E-state index is 5.66. The van der Waals surface area contributed by atoms with Crippen molar-refractivity contribution in [3.8, 4) is 0 Å². The SMILES string of the molecule is CN=C(NCc1cc(N(C)C)nc2ccccc12)N1CCC2(CCOC2)C1. The molecule has 2 aliphatic rings. The number of para-hydroxylation sites is 1. The van der Waals surface area contributed by atoms with Gasteiger partial charge in [0.1, 0.15) is 5.82 Å². The largest absolute Gasteiger partial charge is 0.381 e. The van der Waals surface area contributed by atoms with Crippen LogP contribution in [0.2, 0.25) is 0 Å². The van der Waals surface area contributed by atoms with Gasteiger partial charge in [0, 0.05) is 58.2 Å². The van der Waals surface area contributed by atoms with Gasteiger partial charge in [0.05, 0.1) is 12.1 Å². The molecule has 4 rings (SSSR count). The molecule has 0 bridgehead atoms. The zero-order valence-electron chi connectivity index (χ0n) is 16.5. The van der Waals surface area contributed by atoms with Gasteiger partial charge in [0.25, 0.3) is 0 Å². The molecule has 144 valence electrons. The van der Waals surface area contributed by atoms with Crippen LogP contribution in [0.15, 0.2) is 35.3 Å². The van der Waals surface area contributed by atoms with Crippen molar-refractivity contribution >= 4 is 22.7 Å². The van der Waals surface area contributed by atoms with E-state index in [-0.39, 0.29) is 0 Å². The third kappa shape index (κ3) is 3.58. The minimum absolute atomic E-state index is 0.332. The maximum atomic E-state index is 5.66. The van der Waals surface area contributed by atoms with Crippen molar-refractivity contribution in [3.63, 3.8) is 0 Å². The number of pyridine rings is 1. The predicted molar refractivity (Wildman–Crippen MR) is 110 cm³/mol. The van der Waals surface area contributed by atoms with E-state index in [0.29, 0.717) is 5.41 Å². The van der Waals surface area contributed by atoms with E-state index < -0.39 is 0 Å². The number of anilines is 1. The molecule has 0 saturated carbocycles. The van der Waals surface area contributed by atoms with E-state index in [1.165, 1.54) is 23.8 Å². The molecule has 0 amide bonds. The third-order valence-corrected chi connectivity index (χ3v) is 5.82. The molecule has 2 aromatic rings. The molecule has 2 fully saturated rings. The van der Waals surface area contributed by atoms with Gasteiger partial charge < -0.3 is 19.9 Å². The first-order valence-corrected chi connectivity index (χ1v) is 9.70. The highest BCUT2D eigenvalue weighted by atomic mass is 16.5. The van der Waals surface area contributed by atoms with Crippen LogP contribution in [0.3, 0.4) is 0 Å². The van der Waals surface area contributed by atoms with Gasteiger partial charge in [-0.25, -0.2) is 4.98 Å². The number of fused-ring (bicyclic) bond motifs is 1. The lowest BCUT2D eigenvalue weighted by Crippen LogP contribution is -2.41. The number of hydrogen-bond acceptors (Lipinski definition) is 4. The highest BCUT2D eigenvalue weighted by Crippen LogP contribution is 2.38. The van der Waals surface area contributed by atoms with Crippen LogP contribution in [0, 0.1) is 5.41 Å². The number of rotatable bonds is 3. The minimum atomic E-state index is 0.332. The molecule has 0 radical (unpaired) electrons. The number of ether oxygens (including phenoxy) is 1. The summed E-state index contributed by atoms with van der Waals surface area (Å²) in [7, 11) is 5.93. The average molecular weight is 367 g/mol. The van der Waals surface area contributed by atoms with Crippen molar-refractivity contribution in [1.82, 2.24) is 15.2 Å². The fraction of sp³-hybridized carbons (Fsp3) is 0.524. The van der Waals surface area contributed by atoms with E-state index >= 15 is 0 Å². The molecule has 1 atom stereocenters. The first kappa shape index (κ1) is 18.0. The summed E-state index contributed by atoms with van der Waals surface area (Å²) in [5, 5.41) is 4.77. The number of nitrogens with zero attached hydrogens (tertiary/aromatic N) is 4. The van der Waals surface area contributed by atoms with Gasteiger partial charge in [-0.2, -0.15) is 0 Å². The zero-order chi connectivity index (χ0) is 18.9. The molecule has 6 heteroatoms. The van der Waals surface area contributed by atoms with Crippen LogP contribution in [0.25, 0.3) is 10.9 Å². The summed E-state index contributed by atoms with van der Waals surface area (Å²) in [5.41, 5.74) is 2.60. The lowest BCUT2D eigenvalue weighted by atomic mass is 9.87. The molecule has 1 aromatic carbocycles. The van der Waals surface area contributed by atoms with Crippen LogP contribution in [0.1, 0.15) is 18.4 Å². The van der Waals surface area contributed by atoms with Crippen molar-refractivity contribution in [1.29, 1.82) is 0 Å². The van der Waals surface area contributed by atoms with Gasteiger partial charge in [0.15, 0.2) is 5.96 Å². The van der Waals surface area contributed by atoms with Crippen molar-refractivity contribution in [2.24, 2.45) is 10.4 Å². The second kappa shape index (κ2) is 7.35. The van der Waals surface area contributed by atoms with Crippen LogP contribution < -0.4 is 10.2 Å². The van der Waals surface area contributed by atoms with Crippen LogP contribution in [0.5, 0.6) is 0 Å². The molecule has 1 aromatic heterocycles. The lowest BCUT2D eigenvalue weighted by Gasteiger charge is -2.25. The second-order valence-electron chi connectivity index (χ2n) is 7.93. The van der Waals surface area contributed by atoms with E-state index in [0.717, 1.165) is 50.1 Å². The Labute approximate surface area is 161 Å². The number of benzene rings is 1. The van der Waals surface area contributed by atoms with Crippen molar-refractivity contribution in [2.75, 3.05) is 52.3 Å². The van der Waals surface area contributed by atoms with Crippen molar-refractivity contribution in [2.45, 2.75) is 19.4 Å². The van der Waals surface area contributed by atoms with Gasteiger partial charge >= 0.3 is 0 Å². The lowest BCUT2D eigenvalue weighted by molar-refractivity contribution is 0.156. The Morgan fingerprint density at radius 2 is 2.19 bits per heavy atom. The Kier molecular flexibility index (Phi) is 4.91. The van der Waals surface area contributed by atoms with E-state index in [1.807, 2.05) is 27.2 Å². The molecule has 27 heavy (non-hydrogen) atoms. The van der Waals surface area contributed by atoms with Gasteiger partial charge in [-0.05, 0) is 30.5 Å². The summed E-state index contributed by atoms with van der Waals surface area (Å²) < 4.78 is 5.66. The van der Waals surface area contributed by atoms with Crippen molar-refractivity contribution < 1.29 is 4.74 Å². The van der Waals surface area contributed by atoms with Crippen LogP contribution in [0.4, 0.5) is 5.82 Å². The number of hydrogen-bond donors (Lipinski definition) is 1. The molecule has 6 nitrogen and oxygen atoms in total. The highest BCUT2D eigenvalue weighted by molar-refractivity contribution is 5.85. The Bertz CT molecular complexity index is 842. The van der Waals surface area contributed by atoms with Gasteiger partial charge in [0.2, 0.25) is 0 Å². The molecule has 1 unspecified atom stereocenters. The topological polar surface area (TPSA) is 53.0 Å². The summed E-state index contributed by atoms with van der Waals surface area (Å²) in [4.78, 5) is 13.7. The fourth-order valence-corrected chi connectivity index (χ4v) is 4.20. The summed E-state index contributed by atoms with van der Waals surface area (Å²) >= 11 is 0. The number of nitrogens with one attached hydrogen (secondary N) is 1. The van der Waals surface area contributed by atoms with Gasteiger partial charge in [-0.1, -0.05) is 18.2 Å². The van der Waals surface area contributed by atoms with Crippen molar-refractivity contribution in [3.05, 3.63) is 35.9 Å². The molecule has 1 spiro atoms. The minimum Gasteiger partial charge on any atom is -0.381 e. The molecular weight excluding hydrogens is 338 g/mol. The third-order valence-electron chi connectivity index (χ3n) is 5.82. The second-order valence-corrected chi connectivity index (χ2v) is 7.93. The molecule has 1 N–H and O–H groups in total. The first-order valence-electron chi connectivity index (χ1n) is 9.70. The molecular formula is C21H29N5O. The molecule has 3 heterocycles. The quantitative estimate of drug-likeness (QED) is 0.667. The molecule has 0 aliphatic carbocycles. The smallest absolute Gasteiger partial charge is 0.193 e. The Balaban J connectivity index is 1.52. The number of aliphatic imine (C=N–C) groups is 1. The van der Waals surface area contributed by atoms with E-state index in [2.05, 4.69) is 44.4 Å². The Morgan fingerprint density at radius 3 is 2.93 bits per heavy atom. The van der Waals surface area contributed by atoms with E-state index in [9.17, 15) is 0 Å². The summed E-state index contributed by atoms with van der Waals surface area (Å²) in [5.74, 6) is 1.95. The highest BCUT2D eigenvalue weighted by Gasteiger charge is 2.42. The number of aromatic nitrogens is 1. The van der Waals surface area contributed by atoms with E-state index in [1.54, 1.807) is 0 Å². The van der Waals surface area contributed by atoms with Gasteiger partial charge in [-0.3, -0.25) is 4.99 Å². The van der Waals surface area contributed by atoms with E-state index in [4.69, 9.17) is 9.72 Å². The average Bonchev–Trinajstić information content (AvgIpc) is 3.32. The van der Waals surface area contributed by atoms with Gasteiger partial charge in [-0.15, -0.1) is 0 Å². The Hall–Kier alpha value is -2.34. The summed E-state index contributed by atoms with van der Waals surface area (Å²) in [6.07, 6.45) is 2.36.